The molecule has 0 aliphatic heterocycles. The van der Waals surface area contributed by atoms with Crippen LogP contribution in [0.3, 0.4) is 0 Å². The highest BCUT2D eigenvalue weighted by atomic mass is 16.3. The maximum absolute atomic E-state index is 9.60. The van der Waals surface area contributed by atoms with Crippen LogP contribution in [0.1, 0.15) is 5.56 Å². The number of nitrogens with two attached hydrogens (primary N) is 1. The maximum Gasteiger partial charge on any atom is 0.117 e. The van der Waals surface area contributed by atoms with Gasteiger partial charge < -0.3 is 21.5 Å². The van der Waals surface area contributed by atoms with E-state index in [1.54, 1.807) is 12.1 Å². The van der Waals surface area contributed by atoms with Crippen LogP contribution >= 0.6 is 0 Å². The van der Waals surface area contributed by atoms with Gasteiger partial charge in [0, 0.05) is 36.5 Å². The van der Waals surface area contributed by atoms with Crippen molar-refractivity contribution in [3.63, 3.8) is 0 Å². The summed E-state index contributed by atoms with van der Waals surface area (Å²) in [6.07, 6.45) is 2.87. The molecule has 0 aliphatic rings. The Hall–Kier alpha value is -2.30. The number of phenols is 1. The Morgan fingerprint density at radius 3 is 2.59 bits per heavy atom. The second-order valence-corrected chi connectivity index (χ2v) is 5.16. The molecule has 0 aromatic heterocycles. The van der Waals surface area contributed by atoms with Crippen LogP contribution < -0.4 is 16.4 Å². The van der Waals surface area contributed by atoms with Crippen molar-refractivity contribution in [2.75, 3.05) is 18.9 Å². The van der Waals surface area contributed by atoms with Crippen molar-refractivity contribution in [1.29, 1.82) is 0 Å². The zero-order valence-electron chi connectivity index (χ0n) is 12.8. The van der Waals surface area contributed by atoms with E-state index in [1.807, 2.05) is 37.4 Å². The summed E-state index contributed by atoms with van der Waals surface area (Å²) in [5, 5.41) is 16.1. The molecule has 0 heterocycles. The third kappa shape index (κ3) is 4.91. The molecular weight excluding hydrogens is 274 g/mol. The Labute approximate surface area is 131 Å². The van der Waals surface area contributed by atoms with Gasteiger partial charge in [0.1, 0.15) is 5.75 Å². The summed E-state index contributed by atoms with van der Waals surface area (Å²) in [6.45, 7) is 0.524. The van der Waals surface area contributed by atoms with Crippen LogP contribution in [-0.4, -0.2) is 24.7 Å². The fourth-order valence-corrected chi connectivity index (χ4v) is 2.24. The van der Waals surface area contributed by atoms with Crippen LogP contribution in [0.5, 0.6) is 5.75 Å². The molecule has 0 spiro atoms. The summed E-state index contributed by atoms with van der Waals surface area (Å²) >= 11 is 0. The highest BCUT2D eigenvalue weighted by Gasteiger charge is 2.06. The highest BCUT2D eigenvalue weighted by molar-refractivity contribution is 5.52. The summed E-state index contributed by atoms with van der Waals surface area (Å²) in [7, 11) is 1.89. The summed E-state index contributed by atoms with van der Waals surface area (Å²) in [6, 6.07) is 17.4. The topological polar surface area (TPSA) is 70.3 Å². The van der Waals surface area contributed by atoms with Crippen molar-refractivity contribution in [2.24, 2.45) is 5.73 Å². The summed E-state index contributed by atoms with van der Waals surface area (Å²) in [5.74, 6) is 0.244. The zero-order valence-corrected chi connectivity index (χ0v) is 12.8. The number of aromatic hydroxyl groups is 1. The minimum atomic E-state index is 0.100. The smallest absolute Gasteiger partial charge is 0.117 e. The van der Waals surface area contributed by atoms with Gasteiger partial charge in [-0.25, -0.2) is 0 Å². The minimum Gasteiger partial charge on any atom is -0.508 e. The van der Waals surface area contributed by atoms with E-state index in [0.717, 1.165) is 17.8 Å². The highest BCUT2D eigenvalue weighted by Crippen LogP contribution is 2.19. The van der Waals surface area contributed by atoms with Crippen LogP contribution in [0.15, 0.2) is 66.4 Å². The van der Waals surface area contributed by atoms with Gasteiger partial charge in [-0.15, -0.1) is 0 Å². The van der Waals surface area contributed by atoms with E-state index in [2.05, 4.69) is 28.8 Å². The van der Waals surface area contributed by atoms with E-state index >= 15 is 0 Å². The van der Waals surface area contributed by atoms with Gasteiger partial charge in [-0.2, -0.15) is 0 Å². The van der Waals surface area contributed by atoms with Gasteiger partial charge >= 0.3 is 0 Å². The predicted octanol–water partition coefficient (Wildman–Crippen LogP) is 2.48. The summed E-state index contributed by atoms with van der Waals surface area (Å²) in [5.41, 5.74) is 8.88. The first-order valence-electron chi connectivity index (χ1n) is 7.39. The molecule has 5 N–H and O–H groups in total. The molecule has 0 bridgehead atoms. The van der Waals surface area contributed by atoms with Gasteiger partial charge in [-0.1, -0.05) is 36.4 Å². The van der Waals surface area contributed by atoms with Crippen molar-refractivity contribution in [2.45, 2.75) is 12.5 Å². The lowest BCUT2D eigenvalue weighted by molar-refractivity contribution is 0.475. The summed E-state index contributed by atoms with van der Waals surface area (Å²) in [4.78, 5) is 0. The predicted molar refractivity (Wildman–Crippen MR) is 91.9 cm³/mol. The van der Waals surface area contributed by atoms with Gasteiger partial charge in [0.25, 0.3) is 0 Å². The van der Waals surface area contributed by atoms with Crippen molar-refractivity contribution in [3.05, 3.63) is 71.9 Å². The summed E-state index contributed by atoms with van der Waals surface area (Å²) < 4.78 is 0. The quantitative estimate of drug-likeness (QED) is 0.634. The lowest BCUT2D eigenvalue weighted by Gasteiger charge is -2.16. The van der Waals surface area contributed by atoms with E-state index in [0.29, 0.717) is 6.54 Å². The Kier molecular flexibility index (Phi) is 6.01. The van der Waals surface area contributed by atoms with Crippen molar-refractivity contribution >= 4 is 5.69 Å². The maximum atomic E-state index is 9.60. The largest absolute Gasteiger partial charge is 0.508 e. The molecule has 116 valence electrons. The third-order valence-electron chi connectivity index (χ3n) is 3.42. The van der Waals surface area contributed by atoms with Gasteiger partial charge in [0.2, 0.25) is 0 Å². The van der Waals surface area contributed by atoms with E-state index < -0.39 is 0 Å². The fraction of sp³-hybridized carbons (Fsp3) is 0.222. The Morgan fingerprint density at radius 1 is 1.18 bits per heavy atom. The van der Waals surface area contributed by atoms with Crippen LogP contribution in [0, 0.1) is 0 Å². The number of nitrogens with one attached hydrogen (secondary N) is 2. The number of anilines is 1. The Morgan fingerprint density at radius 2 is 1.95 bits per heavy atom. The van der Waals surface area contributed by atoms with Crippen LogP contribution in [-0.2, 0) is 6.42 Å². The van der Waals surface area contributed by atoms with E-state index in [-0.39, 0.29) is 11.8 Å². The lowest BCUT2D eigenvalue weighted by atomic mass is 10.1. The third-order valence-corrected chi connectivity index (χ3v) is 3.42. The van der Waals surface area contributed by atoms with Crippen molar-refractivity contribution < 1.29 is 5.11 Å². The molecule has 2 aromatic rings. The molecule has 2 rings (SSSR count). The van der Waals surface area contributed by atoms with Crippen LogP contribution in [0.25, 0.3) is 0 Å². The molecule has 0 aliphatic carbocycles. The molecule has 0 saturated carbocycles. The molecule has 0 saturated heterocycles. The van der Waals surface area contributed by atoms with E-state index in [9.17, 15) is 5.11 Å². The standard InChI is InChI=1S/C18H23N3O/c1-20-17(13-19)11-16(10-14-6-3-2-4-7-14)21-15-8-5-9-18(22)12-15/h2-9,11-12,17,20-22H,10,13,19H2,1H3/b16-11-. The first kappa shape index (κ1) is 16.1. The SMILES string of the molecule is CNC(/C=C(/Cc1ccccc1)Nc1cccc(O)c1)CN. The number of phenolic OH excluding ortho intramolecular Hbond substituents is 1. The van der Waals surface area contributed by atoms with Crippen molar-refractivity contribution in [3.8, 4) is 5.75 Å². The van der Waals surface area contributed by atoms with E-state index in [1.165, 1.54) is 5.56 Å². The molecule has 1 atom stereocenters. The van der Waals surface area contributed by atoms with Gasteiger partial charge in [0.05, 0.1) is 0 Å². The zero-order chi connectivity index (χ0) is 15.8. The number of likely N-dealkylation sites (N-methyl/N-ethyl adjacent to an activating group) is 1. The number of hydrogen-bond acceptors (Lipinski definition) is 4. The van der Waals surface area contributed by atoms with E-state index in [4.69, 9.17) is 5.73 Å². The minimum absolute atomic E-state index is 0.100. The fourth-order valence-electron chi connectivity index (χ4n) is 2.24. The lowest BCUT2D eigenvalue weighted by Crippen LogP contribution is -2.32. The Balaban J connectivity index is 2.21. The van der Waals surface area contributed by atoms with Crippen LogP contribution in [0.2, 0.25) is 0 Å². The number of benzene rings is 2. The molecular formula is C18H23N3O. The first-order chi connectivity index (χ1) is 10.7. The normalized spacial score (nSPS) is 12.9. The second-order valence-electron chi connectivity index (χ2n) is 5.16. The van der Waals surface area contributed by atoms with Crippen molar-refractivity contribution in [1.82, 2.24) is 5.32 Å². The molecule has 2 aromatic carbocycles. The molecule has 4 heteroatoms. The molecule has 0 fully saturated rings. The van der Waals surface area contributed by atoms with Gasteiger partial charge in [-0.05, 0) is 30.8 Å². The van der Waals surface area contributed by atoms with Gasteiger partial charge in [-0.3, -0.25) is 0 Å². The molecule has 22 heavy (non-hydrogen) atoms. The second kappa shape index (κ2) is 8.22. The number of allylic oxidation sites excluding steroid dienone is 1. The molecule has 0 amide bonds. The average molecular weight is 297 g/mol. The van der Waals surface area contributed by atoms with Crippen LogP contribution in [0.4, 0.5) is 5.69 Å². The van der Waals surface area contributed by atoms with Gasteiger partial charge in [0.15, 0.2) is 0 Å². The number of rotatable bonds is 7. The molecule has 1 unspecified atom stereocenters. The monoisotopic (exact) mass is 297 g/mol. The molecule has 4 nitrogen and oxygen atoms in total. The first-order valence-corrected chi connectivity index (χ1v) is 7.39. The number of hydrogen-bond donors (Lipinski definition) is 4. The Bertz CT molecular complexity index is 607. The molecule has 0 radical (unpaired) electrons. The average Bonchev–Trinajstić information content (AvgIpc) is 2.53.